The largest absolute Gasteiger partial charge is 0.396 e. The van der Waals surface area contributed by atoms with Gasteiger partial charge in [0.05, 0.1) is 6.04 Å². The molecule has 1 aromatic carbocycles. The van der Waals surface area contributed by atoms with Crippen LogP contribution in [0.15, 0.2) is 46.1 Å². The molecule has 28 heavy (non-hydrogen) atoms. The summed E-state index contributed by atoms with van der Waals surface area (Å²) in [5.41, 5.74) is 2.02. The van der Waals surface area contributed by atoms with Crippen molar-refractivity contribution in [3.63, 3.8) is 0 Å². The highest BCUT2D eigenvalue weighted by molar-refractivity contribution is 5.75. The summed E-state index contributed by atoms with van der Waals surface area (Å²) in [6.45, 7) is 4.15. The summed E-state index contributed by atoms with van der Waals surface area (Å²) >= 11 is 0. The van der Waals surface area contributed by atoms with Gasteiger partial charge in [-0.25, -0.2) is 4.79 Å². The topological polar surface area (TPSA) is 86.5 Å². The molecular formula is C20H23N5O3. The molecule has 0 bridgehead atoms. The second-order valence-corrected chi connectivity index (χ2v) is 7.06. The van der Waals surface area contributed by atoms with Crippen molar-refractivity contribution in [3.8, 4) is 0 Å². The predicted octanol–water partition coefficient (Wildman–Crippen LogP) is 1.45. The van der Waals surface area contributed by atoms with Crippen molar-refractivity contribution in [2.24, 2.45) is 7.05 Å². The molecule has 0 aliphatic heterocycles. The van der Waals surface area contributed by atoms with Crippen LogP contribution in [0, 0.1) is 6.92 Å². The molecule has 0 radical (unpaired) electrons. The van der Waals surface area contributed by atoms with E-state index in [1.54, 1.807) is 11.4 Å². The first-order valence-electron chi connectivity index (χ1n) is 9.31. The Bertz CT molecular complexity index is 1280. The summed E-state index contributed by atoms with van der Waals surface area (Å²) in [7, 11) is 1.61. The van der Waals surface area contributed by atoms with Gasteiger partial charge in [-0.15, -0.1) is 0 Å². The highest BCUT2D eigenvalue weighted by atomic mass is 16.3. The molecule has 0 fully saturated rings. The normalized spacial score (nSPS) is 12.9. The number of nitrogens with zero attached hydrogens (tertiary/aromatic N) is 5. The lowest BCUT2D eigenvalue weighted by molar-refractivity contribution is 0.277. The molecule has 8 heteroatoms. The molecule has 0 amide bonds. The van der Waals surface area contributed by atoms with Crippen molar-refractivity contribution in [3.05, 3.63) is 68.6 Å². The molecule has 0 aliphatic rings. The molecule has 146 valence electrons. The van der Waals surface area contributed by atoms with Crippen LogP contribution >= 0.6 is 0 Å². The van der Waals surface area contributed by atoms with Gasteiger partial charge >= 0.3 is 5.69 Å². The van der Waals surface area contributed by atoms with Gasteiger partial charge in [0, 0.05) is 32.1 Å². The third-order valence-electron chi connectivity index (χ3n) is 5.28. The van der Waals surface area contributed by atoms with Gasteiger partial charge in [0.2, 0.25) is 5.78 Å². The summed E-state index contributed by atoms with van der Waals surface area (Å²) < 4.78 is 6.40. The molecule has 4 rings (SSSR count). The van der Waals surface area contributed by atoms with Crippen LogP contribution in [0.4, 0.5) is 0 Å². The maximum Gasteiger partial charge on any atom is 0.332 e. The number of benzene rings is 1. The molecule has 3 aromatic heterocycles. The Morgan fingerprint density at radius 2 is 1.89 bits per heavy atom. The van der Waals surface area contributed by atoms with Crippen LogP contribution in [-0.4, -0.2) is 34.8 Å². The van der Waals surface area contributed by atoms with Crippen molar-refractivity contribution in [1.82, 2.24) is 23.1 Å². The average Bonchev–Trinajstić information content (AvgIpc) is 3.21. The predicted molar refractivity (Wildman–Crippen MR) is 107 cm³/mol. The van der Waals surface area contributed by atoms with Gasteiger partial charge in [-0.3, -0.25) is 18.3 Å². The van der Waals surface area contributed by atoms with E-state index in [-0.39, 0.29) is 24.8 Å². The zero-order valence-corrected chi connectivity index (χ0v) is 16.2. The van der Waals surface area contributed by atoms with Crippen molar-refractivity contribution in [1.29, 1.82) is 0 Å². The summed E-state index contributed by atoms with van der Waals surface area (Å²) in [6.07, 6.45) is 2.22. The highest BCUT2D eigenvalue weighted by Gasteiger charge is 2.22. The number of aliphatic hydroxyl groups excluding tert-OH is 1. The highest BCUT2D eigenvalue weighted by Crippen LogP contribution is 2.25. The lowest BCUT2D eigenvalue weighted by Gasteiger charge is -2.16. The minimum Gasteiger partial charge on any atom is -0.396 e. The Balaban J connectivity index is 2.01. The first-order valence-corrected chi connectivity index (χ1v) is 9.31. The minimum absolute atomic E-state index is 0.0177. The number of aryl methyl sites for hydroxylation is 2. The fourth-order valence-electron chi connectivity index (χ4n) is 3.81. The molecule has 0 spiro atoms. The average molecular weight is 381 g/mol. The third kappa shape index (κ3) is 2.60. The van der Waals surface area contributed by atoms with Gasteiger partial charge in [0.1, 0.15) is 0 Å². The standard InChI is InChI=1S/C20H23N5O3/c1-13-12-24-16-17(22(3)20(28)23(18(16)27)10-7-11-26)21-19(24)25(13)14(2)15-8-5-4-6-9-15/h4-6,8-9,12,14,26H,7,10-11H2,1-3H3/t14-/m1/s1. The fraction of sp³-hybridized carbons (Fsp3) is 0.350. The van der Waals surface area contributed by atoms with Crippen LogP contribution in [0.5, 0.6) is 0 Å². The van der Waals surface area contributed by atoms with Gasteiger partial charge in [-0.1, -0.05) is 30.3 Å². The Morgan fingerprint density at radius 1 is 1.18 bits per heavy atom. The van der Waals surface area contributed by atoms with E-state index in [9.17, 15) is 9.59 Å². The number of aromatic nitrogens is 5. The quantitative estimate of drug-likeness (QED) is 0.567. The van der Waals surface area contributed by atoms with E-state index in [2.05, 4.69) is 28.6 Å². The molecule has 4 aromatic rings. The smallest absolute Gasteiger partial charge is 0.332 e. The molecule has 1 N–H and O–H groups in total. The van der Waals surface area contributed by atoms with Gasteiger partial charge < -0.3 is 9.67 Å². The number of hydrogen-bond acceptors (Lipinski definition) is 4. The Morgan fingerprint density at radius 3 is 2.57 bits per heavy atom. The summed E-state index contributed by atoms with van der Waals surface area (Å²) in [4.78, 5) is 30.3. The summed E-state index contributed by atoms with van der Waals surface area (Å²) in [6, 6.07) is 10.1. The van der Waals surface area contributed by atoms with E-state index in [0.717, 1.165) is 11.3 Å². The van der Waals surface area contributed by atoms with Crippen LogP contribution in [0.2, 0.25) is 0 Å². The van der Waals surface area contributed by atoms with E-state index < -0.39 is 5.69 Å². The zero-order valence-electron chi connectivity index (χ0n) is 16.2. The molecule has 0 unspecified atom stereocenters. The van der Waals surface area contributed by atoms with Gasteiger partial charge in [0.15, 0.2) is 11.2 Å². The van der Waals surface area contributed by atoms with Crippen LogP contribution in [0.25, 0.3) is 16.9 Å². The van der Waals surface area contributed by atoms with Gasteiger partial charge in [-0.2, -0.15) is 4.98 Å². The third-order valence-corrected chi connectivity index (χ3v) is 5.28. The Hall–Kier alpha value is -3.13. The van der Waals surface area contributed by atoms with Crippen molar-refractivity contribution in [2.75, 3.05) is 6.61 Å². The van der Waals surface area contributed by atoms with E-state index in [1.807, 2.05) is 31.3 Å². The maximum absolute atomic E-state index is 13.0. The second kappa shape index (κ2) is 6.79. The van der Waals surface area contributed by atoms with E-state index in [0.29, 0.717) is 23.4 Å². The van der Waals surface area contributed by atoms with Gasteiger partial charge in [0.25, 0.3) is 5.56 Å². The molecule has 0 aliphatic carbocycles. The first kappa shape index (κ1) is 18.2. The summed E-state index contributed by atoms with van der Waals surface area (Å²) in [5, 5.41) is 9.09. The van der Waals surface area contributed by atoms with Crippen LogP contribution in [-0.2, 0) is 13.6 Å². The molecule has 3 heterocycles. The van der Waals surface area contributed by atoms with E-state index in [1.165, 1.54) is 9.13 Å². The Labute approximate surface area is 160 Å². The summed E-state index contributed by atoms with van der Waals surface area (Å²) in [5.74, 6) is 0.621. The molecule has 8 nitrogen and oxygen atoms in total. The van der Waals surface area contributed by atoms with Crippen molar-refractivity contribution in [2.45, 2.75) is 32.9 Å². The van der Waals surface area contributed by atoms with Crippen molar-refractivity contribution < 1.29 is 5.11 Å². The number of rotatable bonds is 5. The Kier molecular flexibility index (Phi) is 4.43. The van der Waals surface area contributed by atoms with Crippen LogP contribution in [0.1, 0.15) is 30.6 Å². The van der Waals surface area contributed by atoms with Crippen LogP contribution < -0.4 is 11.2 Å². The van der Waals surface area contributed by atoms with Gasteiger partial charge in [-0.05, 0) is 25.8 Å². The number of imidazole rings is 2. The maximum atomic E-state index is 13.0. The first-order chi connectivity index (χ1) is 13.5. The monoisotopic (exact) mass is 381 g/mol. The number of aliphatic hydroxyl groups is 1. The second-order valence-electron chi connectivity index (χ2n) is 7.06. The SMILES string of the molecule is Cc1cn2c3c(=O)n(CCCO)c(=O)n(C)c3nc2n1[C@H](C)c1ccccc1. The van der Waals surface area contributed by atoms with E-state index in [4.69, 9.17) is 5.11 Å². The molecular weight excluding hydrogens is 358 g/mol. The fourth-order valence-corrected chi connectivity index (χ4v) is 3.81. The zero-order chi connectivity index (χ0) is 20.0. The molecule has 0 saturated carbocycles. The molecule has 1 atom stereocenters. The van der Waals surface area contributed by atoms with E-state index >= 15 is 0 Å². The number of hydrogen-bond donors (Lipinski definition) is 1. The molecule has 0 saturated heterocycles. The number of fused-ring (bicyclic) bond motifs is 3. The lowest BCUT2D eigenvalue weighted by atomic mass is 10.1. The lowest BCUT2D eigenvalue weighted by Crippen LogP contribution is -2.39. The van der Waals surface area contributed by atoms with Crippen LogP contribution in [0.3, 0.4) is 0 Å². The minimum atomic E-state index is -0.425. The van der Waals surface area contributed by atoms with Crippen molar-refractivity contribution >= 4 is 16.9 Å².